The van der Waals surface area contributed by atoms with Gasteiger partial charge in [-0.2, -0.15) is 5.21 Å². The third-order valence-corrected chi connectivity index (χ3v) is 2.40. The summed E-state index contributed by atoms with van der Waals surface area (Å²) in [5.41, 5.74) is 0.487. The second-order valence-electron chi connectivity index (χ2n) is 3.02. The fraction of sp³-hybridized carbons (Fsp3) is 0.111. The molecule has 0 bridgehead atoms. The highest BCUT2D eigenvalue weighted by Gasteiger charge is 2.08. The van der Waals surface area contributed by atoms with E-state index in [1.807, 2.05) is 0 Å². The number of aromatic hydroxyl groups is 1. The molecule has 0 fully saturated rings. The van der Waals surface area contributed by atoms with Gasteiger partial charge < -0.3 is 9.84 Å². The monoisotopic (exact) mass is 297 g/mol. The first-order valence-electron chi connectivity index (χ1n) is 4.54. The van der Waals surface area contributed by atoms with Crippen molar-refractivity contribution in [3.8, 4) is 11.5 Å². The Balaban J connectivity index is 2.35. The molecule has 2 N–H and O–H groups in total. The van der Waals surface area contributed by atoms with Gasteiger partial charge in [0.15, 0.2) is 11.5 Å². The smallest absolute Gasteiger partial charge is 0.288 e. The molecule has 0 spiro atoms. The van der Waals surface area contributed by atoms with E-state index in [2.05, 4.69) is 41.5 Å². The number of aromatic nitrogens is 4. The Labute approximate surface area is 105 Å². The van der Waals surface area contributed by atoms with E-state index < -0.39 is 0 Å². The van der Waals surface area contributed by atoms with Gasteiger partial charge in [-0.25, -0.2) is 4.99 Å². The van der Waals surface area contributed by atoms with E-state index >= 15 is 0 Å². The fourth-order valence-electron chi connectivity index (χ4n) is 1.19. The van der Waals surface area contributed by atoms with Gasteiger partial charge in [-0.15, -0.1) is 5.10 Å². The standard InChI is InChI=1S/C9H8BrN5O2/c1-17-7-3-6(10)2-5(8(7)16)4-11-9-12-14-15-13-9/h2-4,16H,1H3,(H,12,13,14,15)/b11-4+. The van der Waals surface area contributed by atoms with Crippen LogP contribution in [0.5, 0.6) is 11.5 Å². The number of methoxy groups -OCH3 is 1. The fourth-order valence-corrected chi connectivity index (χ4v) is 1.64. The second kappa shape index (κ2) is 4.91. The number of hydrogen-bond donors (Lipinski definition) is 2. The zero-order chi connectivity index (χ0) is 12.3. The van der Waals surface area contributed by atoms with Gasteiger partial charge in [0.2, 0.25) is 0 Å². The van der Waals surface area contributed by atoms with Crippen LogP contribution < -0.4 is 4.74 Å². The normalized spacial score (nSPS) is 10.9. The first-order valence-corrected chi connectivity index (χ1v) is 5.34. The SMILES string of the molecule is COc1cc(Br)cc(/C=N/c2nn[nH]n2)c1O. The second-order valence-corrected chi connectivity index (χ2v) is 3.93. The predicted octanol–water partition coefficient (Wildman–Crippen LogP) is 1.43. The molecule has 0 saturated carbocycles. The number of halogens is 1. The van der Waals surface area contributed by atoms with Crippen LogP contribution in [0, 0.1) is 0 Å². The molecule has 1 heterocycles. The predicted molar refractivity (Wildman–Crippen MR) is 63.8 cm³/mol. The summed E-state index contributed by atoms with van der Waals surface area (Å²) >= 11 is 3.30. The maximum absolute atomic E-state index is 9.84. The van der Waals surface area contributed by atoms with Crippen molar-refractivity contribution in [3.63, 3.8) is 0 Å². The van der Waals surface area contributed by atoms with E-state index in [1.165, 1.54) is 13.3 Å². The number of hydrogen-bond acceptors (Lipinski definition) is 6. The summed E-state index contributed by atoms with van der Waals surface area (Å²) in [6, 6.07) is 3.35. The van der Waals surface area contributed by atoms with Gasteiger partial charge in [0.05, 0.1) is 7.11 Å². The summed E-state index contributed by atoms with van der Waals surface area (Å²) in [5, 5.41) is 22.8. The van der Waals surface area contributed by atoms with Crippen LogP contribution in [0.25, 0.3) is 0 Å². The van der Waals surface area contributed by atoms with Gasteiger partial charge in [-0.05, 0) is 17.3 Å². The number of phenols is 1. The Morgan fingerprint density at radius 3 is 3.00 bits per heavy atom. The van der Waals surface area contributed by atoms with Crippen LogP contribution >= 0.6 is 15.9 Å². The number of rotatable bonds is 3. The Kier molecular flexibility index (Phi) is 3.33. The number of phenolic OH excluding ortho intramolecular Hbond substituents is 1. The zero-order valence-corrected chi connectivity index (χ0v) is 10.3. The summed E-state index contributed by atoms with van der Waals surface area (Å²) in [6.07, 6.45) is 1.42. The van der Waals surface area contributed by atoms with Gasteiger partial charge in [0.1, 0.15) is 0 Å². The molecule has 1 aromatic carbocycles. The van der Waals surface area contributed by atoms with Gasteiger partial charge in [0, 0.05) is 16.3 Å². The van der Waals surface area contributed by atoms with Crippen molar-refractivity contribution in [1.29, 1.82) is 0 Å². The Morgan fingerprint density at radius 2 is 2.35 bits per heavy atom. The van der Waals surface area contributed by atoms with E-state index in [0.29, 0.717) is 11.3 Å². The van der Waals surface area contributed by atoms with Gasteiger partial charge in [0.25, 0.3) is 5.95 Å². The molecule has 0 atom stereocenters. The van der Waals surface area contributed by atoms with Crippen LogP contribution in [0.3, 0.4) is 0 Å². The molecule has 88 valence electrons. The van der Waals surface area contributed by atoms with E-state index in [1.54, 1.807) is 12.1 Å². The molecular formula is C9H8BrN5O2. The van der Waals surface area contributed by atoms with Crippen LogP contribution in [0.4, 0.5) is 5.95 Å². The van der Waals surface area contributed by atoms with E-state index in [-0.39, 0.29) is 11.7 Å². The molecular weight excluding hydrogens is 290 g/mol. The Morgan fingerprint density at radius 1 is 1.53 bits per heavy atom. The van der Waals surface area contributed by atoms with Crippen molar-refractivity contribution in [2.45, 2.75) is 0 Å². The highest BCUT2D eigenvalue weighted by Crippen LogP contribution is 2.32. The lowest BCUT2D eigenvalue weighted by molar-refractivity contribution is 0.373. The van der Waals surface area contributed by atoms with Crippen molar-refractivity contribution in [2.24, 2.45) is 4.99 Å². The van der Waals surface area contributed by atoms with Crippen LogP contribution in [0.2, 0.25) is 0 Å². The molecule has 2 rings (SSSR count). The lowest BCUT2D eigenvalue weighted by Gasteiger charge is -2.06. The van der Waals surface area contributed by atoms with Gasteiger partial charge >= 0.3 is 0 Å². The van der Waals surface area contributed by atoms with Crippen molar-refractivity contribution in [3.05, 3.63) is 22.2 Å². The number of H-pyrrole nitrogens is 1. The number of aromatic amines is 1. The summed E-state index contributed by atoms with van der Waals surface area (Å²) < 4.78 is 5.78. The minimum absolute atomic E-state index is 0.00273. The Hall–Kier alpha value is -1.96. The molecule has 0 amide bonds. The largest absolute Gasteiger partial charge is 0.504 e. The summed E-state index contributed by atoms with van der Waals surface area (Å²) in [4.78, 5) is 3.94. The van der Waals surface area contributed by atoms with Crippen LogP contribution in [-0.4, -0.2) is 39.1 Å². The number of benzene rings is 1. The van der Waals surface area contributed by atoms with Gasteiger partial charge in [-0.3, -0.25) is 0 Å². The van der Waals surface area contributed by atoms with Crippen molar-refractivity contribution in [2.75, 3.05) is 7.11 Å². The third kappa shape index (κ3) is 2.59. The van der Waals surface area contributed by atoms with Crippen LogP contribution in [0.1, 0.15) is 5.56 Å². The van der Waals surface area contributed by atoms with E-state index in [9.17, 15) is 5.11 Å². The molecule has 8 heteroatoms. The molecule has 1 aromatic heterocycles. The minimum Gasteiger partial charge on any atom is -0.504 e. The molecule has 17 heavy (non-hydrogen) atoms. The van der Waals surface area contributed by atoms with Crippen LogP contribution in [-0.2, 0) is 0 Å². The lowest BCUT2D eigenvalue weighted by Crippen LogP contribution is -1.89. The van der Waals surface area contributed by atoms with Crippen molar-refractivity contribution in [1.82, 2.24) is 20.6 Å². The molecule has 0 aliphatic carbocycles. The number of ether oxygens (including phenoxy) is 1. The summed E-state index contributed by atoms with van der Waals surface area (Å²) in [5.74, 6) is 0.542. The lowest BCUT2D eigenvalue weighted by atomic mass is 10.2. The maximum atomic E-state index is 9.84. The minimum atomic E-state index is 0.00273. The average Bonchev–Trinajstić information content (AvgIpc) is 2.82. The topological polar surface area (TPSA) is 96.3 Å². The quantitative estimate of drug-likeness (QED) is 0.835. The van der Waals surface area contributed by atoms with Crippen molar-refractivity contribution < 1.29 is 9.84 Å². The maximum Gasteiger partial charge on any atom is 0.288 e. The molecule has 0 radical (unpaired) electrons. The third-order valence-electron chi connectivity index (χ3n) is 1.94. The number of nitrogens with one attached hydrogen (secondary N) is 1. The first kappa shape index (κ1) is 11.5. The highest BCUT2D eigenvalue weighted by atomic mass is 79.9. The number of nitrogens with zero attached hydrogens (tertiary/aromatic N) is 4. The average molecular weight is 298 g/mol. The summed E-state index contributed by atoms with van der Waals surface area (Å²) in [7, 11) is 1.47. The zero-order valence-electron chi connectivity index (χ0n) is 8.75. The van der Waals surface area contributed by atoms with E-state index in [0.717, 1.165) is 4.47 Å². The molecule has 0 saturated heterocycles. The van der Waals surface area contributed by atoms with E-state index in [4.69, 9.17) is 4.74 Å². The summed E-state index contributed by atoms with van der Waals surface area (Å²) in [6.45, 7) is 0. The molecule has 0 aliphatic heterocycles. The van der Waals surface area contributed by atoms with Crippen molar-refractivity contribution >= 4 is 28.1 Å². The molecule has 2 aromatic rings. The highest BCUT2D eigenvalue weighted by molar-refractivity contribution is 9.10. The van der Waals surface area contributed by atoms with Crippen LogP contribution in [0.15, 0.2) is 21.6 Å². The first-order chi connectivity index (χ1) is 8.20. The number of aliphatic imine (C=N–C) groups is 1. The van der Waals surface area contributed by atoms with Gasteiger partial charge in [-0.1, -0.05) is 21.0 Å². The molecule has 0 unspecified atom stereocenters. The molecule has 7 nitrogen and oxygen atoms in total. The Bertz CT molecular complexity index is 541. The molecule has 0 aliphatic rings. The number of tetrazole rings is 1.